The minimum absolute atomic E-state index is 0.276. The van der Waals surface area contributed by atoms with Gasteiger partial charge in [-0.05, 0) is 67.0 Å². The summed E-state index contributed by atoms with van der Waals surface area (Å²) in [5, 5.41) is 8.99. The van der Waals surface area contributed by atoms with Crippen LogP contribution in [0.1, 0.15) is 26.3 Å². The maximum absolute atomic E-state index is 12.2. The fourth-order valence-corrected chi connectivity index (χ4v) is 3.30. The summed E-state index contributed by atoms with van der Waals surface area (Å²) in [6.07, 6.45) is 1.39. The first kappa shape index (κ1) is 20.9. The van der Waals surface area contributed by atoms with Gasteiger partial charge in [0.2, 0.25) is 0 Å². The molecular formula is C21H23BrN4O3. The molecule has 0 spiro atoms. The van der Waals surface area contributed by atoms with E-state index >= 15 is 0 Å². The van der Waals surface area contributed by atoms with Crippen LogP contribution in [0.2, 0.25) is 0 Å². The van der Waals surface area contributed by atoms with Crippen molar-refractivity contribution in [2.45, 2.75) is 26.4 Å². The molecule has 1 saturated heterocycles. The SMILES string of the molecule is CC(C)(C)OC(=O)N1CCN(c2ccc(Oc3ccc(C#N)c(Br)c3)cn2)CC1. The largest absolute Gasteiger partial charge is 0.456 e. The van der Waals surface area contributed by atoms with Crippen molar-refractivity contribution in [1.29, 1.82) is 5.26 Å². The van der Waals surface area contributed by atoms with Gasteiger partial charge in [0.15, 0.2) is 0 Å². The second kappa shape index (κ2) is 8.70. The second-order valence-electron chi connectivity index (χ2n) is 7.66. The molecule has 0 saturated carbocycles. The lowest BCUT2D eigenvalue weighted by atomic mass is 10.2. The molecule has 0 unspecified atom stereocenters. The van der Waals surface area contributed by atoms with Crippen LogP contribution in [-0.2, 0) is 4.74 Å². The molecule has 8 heteroatoms. The molecule has 1 aliphatic rings. The third-order valence-electron chi connectivity index (χ3n) is 4.27. The summed E-state index contributed by atoms with van der Waals surface area (Å²) in [5.74, 6) is 2.07. The molecule has 7 nitrogen and oxygen atoms in total. The highest BCUT2D eigenvalue weighted by atomic mass is 79.9. The number of anilines is 1. The number of hydrogen-bond donors (Lipinski definition) is 0. The fourth-order valence-electron chi connectivity index (χ4n) is 2.85. The Kier molecular flexibility index (Phi) is 6.28. The van der Waals surface area contributed by atoms with E-state index in [4.69, 9.17) is 14.7 Å². The van der Waals surface area contributed by atoms with Crippen LogP contribution in [0.15, 0.2) is 41.0 Å². The highest BCUT2D eigenvalue weighted by Crippen LogP contribution is 2.27. The second-order valence-corrected chi connectivity index (χ2v) is 8.52. The summed E-state index contributed by atoms with van der Waals surface area (Å²) < 4.78 is 11.9. The summed E-state index contributed by atoms with van der Waals surface area (Å²) in [7, 11) is 0. The number of carbonyl (C=O) groups is 1. The van der Waals surface area contributed by atoms with E-state index < -0.39 is 5.60 Å². The predicted molar refractivity (Wildman–Crippen MR) is 113 cm³/mol. The number of hydrogen-bond acceptors (Lipinski definition) is 6. The molecule has 1 amide bonds. The molecule has 1 fully saturated rings. The Balaban J connectivity index is 1.57. The number of amides is 1. The van der Waals surface area contributed by atoms with Gasteiger partial charge in [0.1, 0.15) is 29.0 Å². The Morgan fingerprint density at radius 3 is 2.38 bits per heavy atom. The predicted octanol–water partition coefficient (Wildman–Crippen LogP) is 4.57. The number of carbonyl (C=O) groups excluding carboxylic acids is 1. The summed E-state index contributed by atoms with van der Waals surface area (Å²) in [5.41, 5.74) is 0.0622. The van der Waals surface area contributed by atoms with Crippen LogP contribution in [-0.4, -0.2) is 47.8 Å². The first-order valence-corrected chi connectivity index (χ1v) is 10.1. The smallest absolute Gasteiger partial charge is 0.410 e. The number of benzene rings is 1. The van der Waals surface area contributed by atoms with Crippen molar-refractivity contribution in [2.75, 3.05) is 31.1 Å². The standard InChI is InChI=1S/C21H23BrN4O3/c1-21(2,3)29-20(27)26-10-8-25(9-11-26)19-7-6-17(14-24-19)28-16-5-4-15(13-23)18(22)12-16/h4-7,12,14H,8-11H2,1-3H3. The first-order valence-electron chi connectivity index (χ1n) is 9.31. The number of aromatic nitrogens is 1. The van der Waals surface area contributed by atoms with E-state index in [1.807, 2.05) is 32.9 Å². The van der Waals surface area contributed by atoms with Crippen LogP contribution < -0.4 is 9.64 Å². The Hall–Kier alpha value is -2.79. The maximum atomic E-state index is 12.2. The molecule has 1 aliphatic heterocycles. The summed E-state index contributed by atoms with van der Waals surface area (Å²) in [6.45, 7) is 8.16. The molecule has 0 atom stereocenters. The lowest BCUT2D eigenvalue weighted by Crippen LogP contribution is -2.50. The van der Waals surface area contributed by atoms with Crippen LogP contribution in [0.25, 0.3) is 0 Å². The summed E-state index contributed by atoms with van der Waals surface area (Å²) in [4.78, 5) is 20.5. The van der Waals surface area contributed by atoms with Gasteiger partial charge in [0.05, 0.1) is 11.8 Å². The van der Waals surface area contributed by atoms with Crippen molar-refractivity contribution in [3.05, 3.63) is 46.6 Å². The van der Waals surface area contributed by atoms with Gasteiger partial charge in [-0.3, -0.25) is 0 Å². The highest BCUT2D eigenvalue weighted by molar-refractivity contribution is 9.10. The van der Waals surface area contributed by atoms with Gasteiger partial charge < -0.3 is 19.3 Å². The molecule has 0 aliphatic carbocycles. The minimum atomic E-state index is -0.490. The average molecular weight is 459 g/mol. The van der Waals surface area contributed by atoms with Crippen LogP contribution in [0.3, 0.4) is 0 Å². The van der Waals surface area contributed by atoms with Crippen molar-refractivity contribution in [2.24, 2.45) is 0 Å². The van der Waals surface area contributed by atoms with Crippen molar-refractivity contribution >= 4 is 27.8 Å². The van der Waals surface area contributed by atoms with Crippen LogP contribution in [0, 0.1) is 11.3 Å². The summed E-state index contributed by atoms with van der Waals surface area (Å²) >= 11 is 3.35. The van der Waals surface area contributed by atoms with E-state index in [9.17, 15) is 4.79 Å². The average Bonchev–Trinajstić information content (AvgIpc) is 2.68. The molecule has 0 radical (unpaired) electrons. The number of halogens is 1. The summed E-state index contributed by atoms with van der Waals surface area (Å²) in [6, 6.07) is 11.0. The van der Waals surface area contributed by atoms with Gasteiger partial charge in [-0.1, -0.05) is 0 Å². The van der Waals surface area contributed by atoms with E-state index in [0.29, 0.717) is 47.7 Å². The molecule has 2 heterocycles. The van der Waals surface area contributed by atoms with Gasteiger partial charge in [0, 0.05) is 30.7 Å². The van der Waals surface area contributed by atoms with Crippen molar-refractivity contribution in [3.8, 4) is 17.6 Å². The lowest BCUT2D eigenvalue weighted by molar-refractivity contribution is 0.0240. The Bertz CT molecular complexity index is 911. The van der Waals surface area contributed by atoms with Crippen LogP contribution in [0.5, 0.6) is 11.5 Å². The van der Waals surface area contributed by atoms with E-state index in [1.54, 1.807) is 29.3 Å². The first-order chi connectivity index (χ1) is 13.7. The zero-order valence-corrected chi connectivity index (χ0v) is 18.3. The highest BCUT2D eigenvalue weighted by Gasteiger charge is 2.26. The Morgan fingerprint density at radius 1 is 1.14 bits per heavy atom. The number of piperazine rings is 1. The topological polar surface area (TPSA) is 78.7 Å². The Labute approximate surface area is 179 Å². The van der Waals surface area contributed by atoms with Gasteiger partial charge in [-0.25, -0.2) is 9.78 Å². The van der Waals surface area contributed by atoms with E-state index in [-0.39, 0.29) is 6.09 Å². The number of pyridine rings is 1. The van der Waals surface area contributed by atoms with Gasteiger partial charge in [0.25, 0.3) is 0 Å². The monoisotopic (exact) mass is 458 g/mol. The van der Waals surface area contributed by atoms with Crippen LogP contribution in [0.4, 0.5) is 10.6 Å². The van der Waals surface area contributed by atoms with Crippen LogP contribution >= 0.6 is 15.9 Å². The maximum Gasteiger partial charge on any atom is 0.410 e. The number of nitriles is 1. The van der Waals surface area contributed by atoms with E-state index in [2.05, 4.69) is 31.9 Å². The molecule has 3 rings (SSSR count). The molecule has 152 valence electrons. The molecule has 1 aromatic carbocycles. The minimum Gasteiger partial charge on any atom is -0.456 e. The number of nitrogens with zero attached hydrogens (tertiary/aromatic N) is 4. The quantitative estimate of drug-likeness (QED) is 0.670. The van der Waals surface area contributed by atoms with Gasteiger partial charge in [-0.2, -0.15) is 5.26 Å². The van der Waals surface area contributed by atoms with Gasteiger partial charge in [-0.15, -0.1) is 0 Å². The normalized spacial score (nSPS) is 14.3. The zero-order chi connectivity index (χ0) is 21.0. The molecular weight excluding hydrogens is 436 g/mol. The number of ether oxygens (including phenoxy) is 2. The van der Waals surface area contributed by atoms with E-state index in [1.165, 1.54) is 0 Å². The third-order valence-corrected chi connectivity index (χ3v) is 4.93. The lowest BCUT2D eigenvalue weighted by Gasteiger charge is -2.36. The van der Waals surface area contributed by atoms with E-state index in [0.717, 1.165) is 5.82 Å². The van der Waals surface area contributed by atoms with Crippen molar-refractivity contribution < 1.29 is 14.3 Å². The number of rotatable bonds is 3. The van der Waals surface area contributed by atoms with Crippen molar-refractivity contribution in [3.63, 3.8) is 0 Å². The van der Waals surface area contributed by atoms with Gasteiger partial charge >= 0.3 is 6.09 Å². The molecule has 29 heavy (non-hydrogen) atoms. The molecule has 2 aromatic rings. The van der Waals surface area contributed by atoms with Crippen molar-refractivity contribution in [1.82, 2.24) is 9.88 Å². The fraction of sp³-hybridized carbons (Fsp3) is 0.381. The molecule has 1 aromatic heterocycles. The molecule has 0 N–H and O–H groups in total. The molecule has 0 bridgehead atoms. The zero-order valence-electron chi connectivity index (χ0n) is 16.7. The Morgan fingerprint density at radius 2 is 1.83 bits per heavy atom. The third kappa shape index (κ3) is 5.61.